The molecule has 0 bridgehead atoms. The number of alkyl halides is 3. The molecule has 1 saturated carbocycles. The Morgan fingerprint density at radius 3 is 2.06 bits per heavy atom. The van der Waals surface area contributed by atoms with E-state index in [9.17, 15) is 18.3 Å². The van der Waals surface area contributed by atoms with Crippen molar-refractivity contribution in [3.63, 3.8) is 0 Å². The lowest BCUT2D eigenvalue weighted by Crippen LogP contribution is -2.30. The molecule has 1 fully saturated rings. The van der Waals surface area contributed by atoms with Gasteiger partial charge in [0.15, 0.2) is 0 Å². The van der Waals surface area contributed by atoms with E-state index in [1.54, 1.807) is 0 Å². The number of hydrogen-bond donors (Lipinski definition) is 1. The van der Waals surface area contributed by atoms with Crippen molar-refractivity contribution in [2.75, 3.05) is 0 Å². The second-order valence-electron chi connectivity index (χ2n) is 5.29. The standard InChI is InChI=1S/C14H17F3O/c1-10-6-8-13(18,9-7-10)11-2-4-12(5-3-11)14(15,16)17/h2-5,10,18H,6-9H2,1H3. The van der Waals surface area contributed by atoms with Gasteiger partial charge in [0.05, 0.1) is 11.2 Å². The van der Waals surface area contributed by atoms with Crippen LogP contribution in [0.2, 0.25) is 0 Å². The van der Waals surface area contributed by atoms with E-state index in [1.165, 1.54) is 12.1 Å². The highest BCUT2D eigenvalue weighted by atomic mass is 19.4. The molecule has 0 saturated heterocycles. The van der Waals surface area contributed by atoms with Crippen LogP contribution in [0.4, 0.5) is 13.2 Å². The van der Waals surface area contributed by atoms with E-state index in [0.29, 0.717) is 24.3 Å². The van der Waals surface area contributed by atoms with Gasteiger partial charge in [-0.2, -0.15) is 13.2 Å². The van der Waals surface area contributed by atoms with Crippen LogP contribution in [-0.2, 0) is 11.8 Å². The summed E-state index contributed by atoms with van der Waals surface area (Å²) in [5.74, 6) is 0.583. The number of aliphatic hydroxyl groups is 1. The smallest absolute Gasteiger partial charge is 0.385 e. The van der Waals surface area contributed by atoms with Gasteiger partial charge in [-0.25, -0.2) is 0 Å². The first-order chi connectivity index (χ1) is 8.31. The quantitative estimate of drug-likeness (QED) is 0.804. The van der Waals surface area contributed by atoms with Crippen molar-refractivity contribution in [1.82, 2.24) is 0 Å². The summed E-state index contributed by atoms with van der Waals surface area (Å²) < 4.78 is 37.3. The molecule has 0 aromatic heterocycles. The molecule has 0 heterocycles. The van der Waals surface area contributed by atoms with Crippen LogP contribution in [0.5, 0.6) is 0 Å². The number of rotatable bonds is 1. The lowest BCUT2D eigenvalue weighted by atomic mass is 9.76. The van der Waals surface area contributed by atoms with E-state index in [4.69, 9.17) is 0 Å². The second kappa shape index (κ2) is 4.57. The topological polar surface area (TPSA) is 20.2 Å². The molecular weight excluding hydrogens is 241 g/mol. The Bertz CT molecular complexity index is 400. The van der Waals surface area contributed by atoms with E-state index in [1.807, 2.05) is 0 Å². The molecule has 1 aromatic carbocycles. The van der Waals surface area contributed by atoms with E-state index in [0.717, 1.165) is 25.0 Å². The molecule has 1 aliphatic carbocycles. The number of benzene rings is 1. The van der Waals surface area contributed by atoms with Crippen LogP contribution in [0, 0.1) is 5.92 Å². The molecule has 1 aliphatic rings. The van der Waals surface area contributed by atoms with E-state index >= 15 is 0 Å². The number of hydrogen-bond acceptors (Lipinski definition) is 1. The fourth-order valence-corrected chi connectivity index (χ4v) is 2.50. The fourth-order valence-electron chi connectivity index (χ4n) is 2.50. The lowest BCUT2D eigenvalue weighted by Gasteiger charge is -2.35. The Hall–Kier alpha value is -1.03. The van der Waals surface area contributed by atoms with Gasteiger partial charge in [-0.3, -0.25) is 0 Å². The van der Waals surface area contributed by atoms with Crippen molar-refractivity contribution < 1.29 is 18.3 Å². The Labute approximate surface area is 105 Å². The van der Waals surface area contributed by atoms with Gasteiger partial charge < -0.3 is 5.11 Å². The van der Waals surface area contributed by atoms with Gasteiger partial charge in [0, 0.05) is 0 Å². The first-order valence-corrected chi connectivity index (χ1v) is 6.21. The van der Waals surface area contributed by atoms with Crippen molar-refractivity contribution in [2.45, 2.75) is 44.4 Å². The van der Waals surface area contributed by atoms with Crippen LogP contribution in [-0.4, -0.2) is 5.11 Å². The number of halogens is 3. The van der Waals surface area contributed by atoms with E-state index in [2.05, 4.69) is 6.92 Å². The van der Waals surface area contributed by atoms with Crippen LogP contribution in [0.25, 0.3) is 0 Å². The molecule has 1 N–H and O–H groups in total. The SMILES string of the molecule is CC1CCC(O)(c2ccc(C(F)(F)F)cc2)CC1. The van der Waals surface area contributed by atoms with Gasteiger partial charge >= 0.3 is 6.18 Å². The van der Waals surface area contributed by atoms with Gasteiger partial charge in [0.1, 0.15) is 0 Å². The van der Waals surface area contributed by atoms with Crippen LogP contribution < -0.4 is 0 Å². The summed E-state index contributed by atoms with van der Waals surface area (Å²) in [5.41, 5.74) is -1.02. The van der Waals surface area contributed by atoms with Crippen LogP contribution in [0.1, 0.15) is 43.7 Å². The predicted molar refractivity (Wildman–Crippen MR) is 63.0 cm³/mol. The third-order valence-corrected chi connectivity index (χ3v) is 3.85. The third kappa shape index (κ3) is 2.69. The normalized spacial score (nSPS) is 29.3. The molecule has 0 unspecified atom stereocenters. The molecule has 0 aliphatic heterocycles. The molecule has 0 atom stereocenters. The Kier molecular flexibility index (Phi) is 3.41. The molecule has 0 spiro atoms. The minimum atomic E-state index is -4.32. The van der Waals surface area contributed by atoms with Gasteiger partial charge in [-0.1, -0.05) is 19.1 Å². The largest absolute Gasteiger partial charge is 0.416 e. The minimum Gasteiger partial charge on any atom is -0.385 e. The van der Waals surface area contributed by atoms with Crippen LogP contribution in [0.3, 0.4) is 0 Å². The minimum absolute atomic E-state index is 0.583. The van der Waals surface area contributed by atoms with Crippen LogP contribution >= 0.6 is 0 Å². The van der Waals surface area contributed by atoms with E-state index in [-0.39, 0.29) is 0 Å². The summed E-state index contributed by atoms with van der Waals surface area (Å²) in [6.07, 6.45) is -1.24. The average Bonchev–Trinajstić information content (AvgIpc) is 2.32. The summed E-state index contributed by atoms with van der Waals surface area (Å²) in [6.45, 7) is 2.13. The third-order valence-electron chi connectivity index (χ3n) is 3.85. The maximum atomic E-state index is 12.4. The summed E-state index contributed by atoms with van der Waals surface area (Å²) in [6, 6.07) is 4.90. The highest BCUT2D eigenvalue weighted by Crippen LogP contribution is 2.40. The average molecular weight is 258 g/mol. The molecule has 0 radical (unpaired) electrons. The summed E-state index contributed by atoms with van der Waals surface area (Å²) in [7, 11) is 0. The first kappa shape index (κ1) is 13.4. The maximum Gasteiger partial charge on any atom is 0.416 e. The molecule has 100 valence electrons. The molecule has 1 aromatic rings. The van der Waals surface area contributed by atoms with Gasteiger partial charge in [0.2, 0.25) is 0 Å². The van der Waals surface area contributed by atoms with Gasteiger partial charge in [-0.05, 0) is 49.3 Å². The maximum absolute atomic E-state index is 12.4. The van der Waals surface area contributed by atoms with Gasteiger partial charge in [0.25, 0.3) is 0 Å². The highest BCUT2D eigenvalue weighted by Gasteiger charge is 2.35. The zero-order valence-corrected chi connectivity index (χ0v) is 10.3. The monoisotopic (exact) mass is 258 g/mol. The lowest BCUT2D eigenvalue weighted by molar-refractivity contribution is -0.137. The second-order valence-corrected chi connectivity index (χ2v) is 5.29. The van der Waals surface area contributed by atoms with Crippen molar-refractivity contribution in [2.24, 2.45) is 5.92 Å². The van der Waals surface area contributed by atoms with Crippen molar-refractivity contribution in [3.8, 4) is 0 Å². The van der Waals surface area contributed by atoms with Crippen molar-refractivity contribution in [1.29, 1.82) is 0 Å². The molecule has 1 nitrogen and oxygen atoms in total. The van der Waals surface area contributed by atoms with Crippen molar-refractivity contribution in [3.05, 3.63) is 35.4 Å². The summed E-state index contributed by atoms with van der Waals surface area (Å²) in [4.78, 5) is 0. The molecule has 2 rings (SSSR count). The zero-order valence-electron chi connectivity index (χ0n) is 10.3. The molecule has 4 heteroatoms. The Balaban J connectivity index is 2.19. The Morgan fingerprint density at radius 1 is 1.11 bits per heavy atom. The Morgan fingerprint density at radius 2 is 1.61 bits per heavy atom. The van der Waals surface area contributed by atoms with Gasteiger partial charge in [-0.15, -0.1) is 0 Å². The predicted octanol–water partition coefficient (Wildman–Crippen LogP) is 4.10. The summed E-state index contributed by atoms with van der Waals surface area (Å²) in [5, 5.41) is 10.5. The highest BCUT2D eigenvalue weighted by molar-refractivity contribution is 5.29. The first-order valence-electron chi connectivity index (χ1n) is 6.21. The fraction of sp³-hybridized carbons (Fsp3) is 0.571. The molecular formula is C14H17F3O. The molecule has 18 heavy (non-hydrogen) atoms. The molecule has 0 amide bonds. The van der Waals surface area contributed by atoms with Crippen LogP contribution in [0.15, 0.2) is 24.3 Å². The van der Waals surface area contributed by atoms with E-state index < -0.39 is 17.3 Å². The zero-order chi connectivity index (χ0) is 13.4. The summed E-state index contributed by atoms with van der Waals surface area (Å²) >= 11 is 0. The van der Waals surface area contributed by atoms with Crippen molar-refractivity contribution >= 4 is 0 Å².